The Morgan fingerprint density at radius 1 is 1.17 bits per heavy atom. The molecule has 11 heteroatoms. The van der Waals surface area contributed by atoms with Crippen LogP contribution < -0.4 is 21.1 Å². The highest BCUT2D eigenvalue weighted by Crippen LogP contribution is 2.55. The second kappa shape index (κ2) is 9.49. The number of H-pyrrole nitrogens is 1. The molecule has 2 aromatic rings. The molecule has 0 bridgehead atoms. The molecule has 2 amide bonds. The second-order valence-electron chi connectivity index (χ2n) is 9.89. The normalized spacial score (nSPS) is 27.1. The lowest BCUT2D eigenvalue weighted by Gasteiger charge is -2.57. The largest absolute Gasteiger partial charge is 0.444 e. The van der Waals surface area contributed by atoms with Crippen LogP contribution in [0.3, 0.4) is 0 Å². The van der Waals surface area contributed by atoms with Gasteiger partial charge in [0.15, 0.2) is 0 Å². The maximum absolute atomic E-state index is 13.0. The summed E-state index contributed by atoms with van der Waals surface area (Å²) in [7, 11) is 0. The number of carbonyl (C=O) groups excluding carboxylic acids is 2. The van der Waals surface area contributed by atoms with E-state index in [0.717, 1.165) is 31.2 Å². The van der Waals surface area contributed by atoms with Crippen molar-refractivity contribution in [2.75, 3.05) is 18.0 Å². The quantitative estimate of drug-likeness (QED) is 0.558. The number of rotatable bonds is 6. The number of aromatic amines is 1. The van der Waals surface area contributed by atoms with Gasteiger partial charge in [-0.05, 0) is 48.8 Å². The molecule has 1 aromatic heterocycles. The predicted octanol–water partition coefficient (Wildman–Crippen LogP) is 2.54. The Kier molecular flexibility index (Phi) is 6.39. The minimum absolute atomic E-state index is 0.0585. The number of alkyl carbamates (subject to hydrolysis) is 1. The third kappa shape index (κ3) is 5.27. The fourth-order valence-corrected chi connectivity index (χ4v) is 5.78. The summed E-state index contributed by atoms with van der Waals surface area (Å²) in [5.41, 5.74) is 1.05. The lowest BCUT2D eigenvalue weighted by Crippen LogP contribution is -2.61. The van der Waals surface area contributed by atoms with Gasteiger partial charge in [0.1, 0.15) is 16.9 Å². The van der Waals surface area contributed by atoms with Gasteiger partial charge >= 0.3 is 6.09 Å². The van der Waals surface area contributed by atoms with Gasteiger partial charge in [0, 0.05) is 25.0 Å². The number of nitrogens with zero attached hydrogens (tertiary/aromatic N) is 2. The third-order valence-electron chi connectivity index (χ3n) is 7.22. The van der Waals surface area contributed by atoms with E-state index in [1.807, 2.05) is 4.90 Å². The molecule has 2 heterocycles. The summed E-state index contributed by atoms with van der Waals surface area (Å²) in [6.45, 7) is 1.07. The van der Waals surface area contributed by atoms with Crippen molar-refractivity contribution in [3.63, 3.8) is 0 Å². The fraction of sp³-hybridized carbons (Fsp3) is 0.500. The van der Waals surface area contributed by atoms with Crippen molar-refractivity contribution in [2.24, 2.45) is 5.41 Å². The zero-order chi connectivity index (χ0) is 24.6. The van der Waals surface area contributed by atoms with Crippen molar-refractivity contribution >= 4 is 29.3 Å². The average molecular weight is 504 g/mol. The van der Waals surface area contributed by atoms with Crippen molar-refractivity contribution in [2.45, 2.75) is 56.7 Å². The number of anilines is 1. The Morgan fingerprint density at radius 2 is 1.86 bits per heavy atom. The molecule has 1 atom stereocenters. The Hall–Kier alpha value is -3.14. The highest BCUT2D eigenvalue weighted by atomic mass is 35.5. The van der Waals surface area contributed by atoms with Crippen LogP contribution in [0.1, 0.15) is 37.7 Å². The molecule has 1 aliphatic heterocycles. The molecular formula is C24H27ClFN5O4. The van der Waals surface area contributed by atoms with Crippen molar-refractivity contribution in [3.05, 3.63) is 57.2 Å². The molecule has 9 nitrogen and oxygen atoms in total. The fourth-order valence-electron chi connectivity index (χ4n) is 5.56. The maximum atomic E-state index is 13.0. The SMILES string of the molecule is O=C(Cc1ccc(F)cc1)NC1CC2(C1)CC(NC(=O)O[C@@H]1CCN(c3cn[nH]c(=O)c3Cl)C1)C2. The molecule has 35 heavy (non-hydrogen) atoms. The Morgan fingerprint density at radius 3 is 2.57 bits per heavy atom. The van der Waals surface area contributed by atoms with E-state index in [4.69, 9.17) is 16.3 Å². The van der Waals surface area contributed by atoms with Gasteiger partial charge in [-0.25, -0.2) is 14.3 Å². The first kappa shape index (κ1) is 23.6. The van der Waals surface area contributed by atoms with Gasteiger partial charge in [0.05, 0.1) is 24.8 Å². The number of hydrogen-bond donors (Lipinski definition) is 3. The van der Waals surface area contributed by atoms with Crippen LogP contribution in [0.25, 0.3) is 0 Å². The van der Waals surface area contributed by atoms with E-state index in [1.54, 1.807) is 12.1 Å². The summed E-state index contributed by atoms with van der Waals surface area (Å²) in [6, 6.07) is 6.17. The highest BCUT2D eigenvalue weighted by molar-refractivity contribution is 6.33. The number of carbonyl (C=O) groups is 2. The molecular weight excluding hydrogens is 477 g/mol. The topological polar surface area (TPSA) is 116 Å². The predicted molar refractivity (Wildman–Crippen MR) is 127 cm³/mol. The van der Waals surface area contributed by atoms with E-state index in [0.29, 0.717) is 25.2 Å². The maximum Gasteiger partial charge on any atom is 0.407 e. The van der Waals surface area contributed by atoms with Crippen LogP contribution in [0.4, 0.5) is 14.9 Å². The molecule has 3 fully saturated rings. The zero-order valence-corrected chi connectivity index (χ0v) is 19.8. The number of hydrogen-bond acceptors (Lipinski definition) is 6. The minimum atomic E-state index is -0.448. The van der Waals surface area contributed by atoms with Gasteiger partial charge in [-0.15, -0.1) is 0 Å². The molecule has 1 spiro atoms. The molecule has 3 aliphatic rings. The molecule has 2 saturated carbocycles. The van der Waals surface area contributed by atoms with E-state index in [-0.39, 0.29) is 46.8 Å². The van der Waals surface area contributed by atoms with Crippen LogP contribution >= 0.6 is 11.6 Å². The van der Waals surface area contributed by atoms with Gasteiger partial charge in [0.25, 0.3) is 5.56 Å². The van der Waals surface area contributed by atoms with Crippen molar-refractivity contribution < 1.29 is 18.7 Å². The number of ether oxygens (including phenoxy) is 1. The zero-order valence-electron chi connectivity index (χ0n) is 19.1. The Labute approximate surface area is 206 Å². The molecule has 0 unspecified atom stereocenters. The molecule has 186 valence electrons. The van der Waals surface area contributed by atoms with Crippen LogP contribution in [0.5, 0.6) is 0 Å². The number of benzene rings is 1. The first-order chi connectivity index (χ1) is 16.8. The summed E-state index contributed by atoms with van der Waals surface area (Å²) in [6.07, 6.45) is 5.20. The first-order valence-corrected chi connectivity index (χ1v) is 12.2. The molecule has 1 saturated heterocycles. The van der Waals surface area contributed by atoms with E-state index in [9.17, 15) is 18.8 Å². The minimum Gasteiger partial charge on any atom is -0.444 e. The summed E-state index contributed by atoms with van der Waals surface area (Å²) in [5, 5.41) is 12.1. The molecule has 2 aliphatic carbocycles. The smallest absolute Gasteiger partial charge is 0.407 e. The Bertz CT molecular complexity index is 1160. The lowest BCUT2D eigenvalue weighted by atomic mass is 9.52. The average Bonchev–Trinajstić information content (AvgIpc) is 3.22. The number of nitrogens with one attached hydrogen (secondary N) is 3. The molecule has 1 aromatic carbocycles. The highest BCUT2D eigenvalue weighted by Gasteiger charge is 2.53. The number of amides is 2. The van der Waals surface area contributed by atoms with Crippen LogP contribution in [-0.4, -0.2) is 53.5 Å². The summed E-state index contributed by atoms with van der Waals surface area (Å²) in [5.74, 6) is -0.374. The summed E-state index contributed by atoms with van der Waals surface area (Å²) < 4.78 is 18.6. The summed E-state index contributed by atoms with van der Waals surface area (Å²) in [4.78, 5) is 38.1. The van der Waals surface area contributed by atoms with Crippen LogP contribution in [0, 0.1) is 11.2 Å². The van der Waals surface area contributed by atoms with E-state index in [2.05, 4.69) is 20.8 Å². The standard InChI is InChI=1S/C24H27ClFN5O4/c25-21-19(12-27-30-22(21)33)31-6-5-18(13-31)35-23(34)29-17-10-24(11-17)8-16(9-24)28-20(32)7-14-1-3-15(26)4-2-14/h1-4,12,16-18H,5-11,13H2,(H,28,32)(H,29,34)(H,30,33)/t16?,17?,18-,24?/m1/s1. The monoisotopic (exact) mass is 503 g/mol. The van der Waals surface area contributed by atoms with Gasteiger partial charge in [-0.1, -0.05) is 23.7 Å². The van der Waals surface area contributed by atoms with Crippen molar-refractivity contribution in [1.82, 2.24) is 20.8 Å². The Balaban J connectivity index is 0.996. The number of aromatic nitrogens is 2. The molecule has 5 rings (SSSR count). The first-order valence-electron chi connectivity index (χ1n) is 11.8. The number of halogens is 2. The van der Waals surface area contributed by atoms with Crippen molar-refractivity contribution in [1.29, 1.82) is 0 Å². The van der Waals surface area contributed by atoms with Gasteiger partial charge in [0.2, 0.25) is 5.91 Å². The van der Waals surface area contributed by atoms with E-state index >= 15 is 0 Å². The van der Waals surface area contributed by atoms with Gasteiger partial charge in [-0.2, -0.15) is 5.10 Å². The molecule has 3 N–H and O–H groups in total. The molecule has 0 radical (unpaired) electrons. The summed E-state index contributed by atoms with van der Waals surface area (Å²) >= 11 is 6.07. The van der Waals surface area contributed by atoms with E-state index in [1.165, 1.54) is 18.3 Å². The van der Waals surface area contributed by atoms with E-state index < -0.39 is 11.7 Å². The second-order valence-corrected chi connectivity index (χ2v) is 10.3. The third-order valence-corrected chi connectivity index (χ3v) is 7.58. The van der Waals surface area contributed by atoms with Gasteiger partial charge in [-0.3, -0.25) is 9.59 Å². The van der Waals surface area contributed by atoms with Crippen molar-refractivity contribution in [3.8, 4) is 0 Å². The van der Waals surface area contributed by atoms with Crippen LogP contribution in [-0.2, 0) is 16.0 Å². The van der Waals surface area contributed by atoms with Crippen LogP contribution in [0.2, 0.25) is 5.02 Å². The van der Waals surface area contributed by atoms with Crippen LogP contribution in [0.15, 0.2) is 35.3 Å². The lowest BCUT2D eigenvalue weighted by molar-refractivity contribution is -0.124. The van der Waals surface area contributed by atoms with Gasteiger partial charge < -0.3 is 20.3 Å².